The molecule has 2 N–H and O–H groups in total. The molecule has 0 saturated heterocycles. The van der Waals surface area contributed by atoms with Gasteiger partial charge >= 0.3 is 6.09 Å². The average molecular weight is 272 g/mol. The van der Waals surface area contributed by atoms with Crippen LogP contribution in [0.1, 0.15) is 11.8 Å². The van der Waals surface area contributed by atoms with Crippen LogP contribution in [-0.4, -0.2) is 27.2 Å². The number of fused-ring (bicyclic) bond motifs is 1. The Morgan fingerprint density at radius 3 is 3.06 bits per heavy atom. The van der Waals surface area contributed by atoms with Crippen LogP contribution >= 0.6 is 22.9 Å². The molecule has 0 aliphatic rings. The second-order valence-corrected chi connectivity index (χ2v) is 5.14. The number of nitrogens with one attached hydrogen (secondary N) is 1. The van der Waals surface area contributed by atoms with Crippen molar-refractivity contribution >= 4 is 39.2 Å². The molecule has 90 valence electrons. The van der Waals surface area contributed by atoms with Gasteiger partial charge in [-0.05, 0) is 13.0 Å². The lowest BCUT2D eigenvalue weighted by Crippen LogP contribution is -2.32. The molecule has 0 saturated carbocycles. The van der Waals surface area contributed by atoms with Crippen molar-refractivity contribution in [2.24, 2.45) is 0 Å². The van der Waals surface area contributed by atoms with Crippen molar-refractivity contribution in [2.75, 3.05) is 0 Å². The number of nitrogens with zero attached hydrogens (tertiary/aromatic N) is 2. The summed E-state index contributed by atoms with van der Waals surface area (Å²) in [6, 6.07) is 1.76. The number of amides is 1. The van der Waals surface area contributed by atoms with E-state index < -0.39 is 6.09 Å². The Bertz CT molecular complexity index is 557. The molecule has 0 aliphatic heterocycles. The van der Waals surface area contributed by atoms with Crippen LogP contribution in [0.5, 0.6) is 0 Å². The number of hydrogen-bond donors (Lipinski definition) is 2. The molecule has 0 bridgehead atoms. The maximum absolute atomic E-state index is 10.5. The van der Waals surface area contributed by atoms with E-state index in [1.54, 1.807) is 0 Å². The van der Waals surface area contributed by atoms with E-state index >= 15 is 0 Å². The predicted molar refractivity (Wildman–Crippen MR) is 66.8 cm³/mol. The third-order valence-electron chi connectivity index (χ3n) is 2.20. The minimum atomic E-state index is -1.02. The summed E-state index contributed by atoms with van der Waals surface area (Å²) in [4.78, 5) is 19.5. The van der Waals surface area contributed by atoms with Crippen molar-refractivity contribution in [3.05, 3.63) is 22.4 Å². The van der Waals surface area contributed by atoms with Gasteiger partial charge in [0, 0.05) is 17.3 Å². The first kappa shape index (κ1) is 12.1. The highest BCUT2D eigenvalue weighted by Crippen LogP contribution is 2.29. The Kier molecular flexibility index (Phi) is 3.44. The molecule has 7 heteroatoms. The minimum Gasteiger partial charge on any atom is -0.465 e. The van der Waals surface area contributed by atoms with Crippen LogP contribution in [0.2, 0.25) is 5.15 Å². The van der Waals surface area contributed by atoms with Gasteiger partial charge in [0.25, 0.3) is 0 Å². The van der Waals surface area contributed by atoms with Crippen molar-refractivity contribution < 1.29 is 9.90 Å². The van der Waals surface area contributed by atoms with Gasteiger partial charge in [0.2, 0.25) is 0 Å². The molecular formula is C10H10ClN3O2S. The number of aromatic nitrogens is 2. The fourth-order valence-corrected chi connectivity index (χ4v) is 2.91. The van der Waals surface area contributed by atoms with E-state index in [1.165, 1.54) is 17.7 Å². The van der Waals surface area contributed by atoms with Gasteiger partial charge in [-0.2, -0.15) is 0 Å². The summed E-state index contributed by atoms with van der Waals surface area (Å²) in [6.07, 6.45) is 1.01. The van der Waals surface area contributed by atoms with Crippen molar-refractivity contribution in [3.63, 3.8) is 0 Å². The number of carbonyl (C=O) groups is 1. The first-order valence-corrected chi connectivity index (χ1v) is 6.14. The number of thiophene rings is 1. The zero-order valence-corrected chi connectivity index (χ0v) is 10.5. The van der Waals surface area contributed by atoms with Crippen LogP contribution < -0.4 is 5.32 Å². The molecule has 0 fully saturated rings. The van der Waals surface area contributed by atoms with Crippen molar-refractivity contribution in [3.8, 4) is 0 Å². The Hall–Kier alpha value is -1.40. The van der Waals surface area contributed by atoms with Gasteiger partial charge in [0.1, 0.15) is 11.5 Å². The number of carboxylic acid groups (broad SMARTS) is 1. The highest BCUT2D eigenvalue weighted by Gasteiger charge is 2.11. The number of halogens is 1. The molecule has 5 nitrogen and oxygen atoms in total. The van der Waals surface area contributed by atoms with E-state index in [-0.39, 0.29) is 6.04 Å². The number of hydrogen-bond acceptors (Lipinski definition) is 4. The summed E-state index contributed by atoms with van der Waals surface area (Å²) in [5.41, 5.74) is 0.799. The Morgan fingerprint density at radius 1 is 1.65 bits per heavy atom. The quantitative estimate of drug-likeness (QED) is 0.841. The third kappa shape index (κ3) is 2.83. The summed E-state index contributed by atoms with van der Waals surface area (Å²) in [5.74, 6) is 0. The van der Waals surface area contributed by atoms with Crippen molar-refractivity contribution in [1.29, 1.82) is 0 Å². The predicted octanol–water partition coefficient (Wildman–Crippen LogP) is 2.54. The second kappa shape index (κ2) is 4.85. The summed E-state index contributed by atoms with van der Waals surface area (Å²) in [6.45, 7) is 1.81. The van der Waals surface area contributed by atoms with Gasteiger partial charge in [0.15, 0.2) is 0 Å². The van der Waals surface area contributed by atoms with Crippen LogP contribution in [0.3, 0.4) is 0 Å². The lowest BCUT2D eigenvalue weighted by atomic mass is 10.2. The molecule has 2 aromatic rings. The van der Waals surface area contributed by atoms with Gasteiger partial charge in [-0.25, -0.2) is 14.8 Å². The molecule has 0 radical (unpaired) electrons. The SMILES string of the molecule is CC(Cc1cc2ncnc(Cl)c2s1)NC(=O)O. The highest BCUT2D eigenvalue weighted by atomic mass is 35.5. The zero-order chi connectivity index (χ0) is 12.4. The first-order valence-electron chi connectivity index (χ1n) is 4.94. The molecule has 1 atom stereocenters. The van der Waals surface area contributed by atoms with E-state index in [0.29, 0.717) is 11.6 Å². The summed E-state index contributed by atoms with van der Waals surface area (Å²) >= 11 is 7.43. The smallest absolute Gasteiger partial charge is 0.404 e. The Morgan fingerprint density at radius 2 is 2.41 bits per heavy atom. The largest absolute Gasteiger partial charge is 0.465 e. The first-order chi connectivity index (χ1) is 8.06. The molecule has 0 aliphatic carbocycles. The molecule has 0 spiro atoms. The summed E-state index contributed by atoms with van der Waals surface area (Å²) < 4.78 is 0.840. The normalized spacial score (nSPS) is 12.6. The van der Waals surface area contributed by atoms with Gasteiger partial charge in [-0.15, -0.1) is 11.3 Å². The monoisotopic (exact) mass is 271 g/mol. The lowest BCUT2D eigenvalue weighted by Gasteiger charge is -2.08. The zero-order valence-electron chi connectivity index (χ0n) is 8.98. The maximum Gasteiger partial charge on any atom is 0.404 e. The third-order valence-corrected chi connectivity index (χ3v) is 3.75. The number of rotatable bonds is 3. The Labute approximate surface area is 106 Å². The van der Waals surface area contributed by atoms with Crippen molar-refractivity contribution in [2.45, 2.75) is 19.4 Å². The van der Waals surface area contributed by atoms with Gasteiger partial charge in [0.05, 0.1) is 10.2 Å². The molecule has 1 amide bonds. The van der Waals surface area contributed by atoms with Crippen LogP contribution in [0, 0.1) is 0 Å². The summed E-state index contributed by atoms with van der Waals surface area (Å²) in [5, 5.41) is 11.4. The molecule has 17 heavy (non-hydrogen) atoms. The van der Waals surface area contributed by atoms with E-state index in [0.717, 1.165) is 15.1 Å². The standard InChI is InChI=1S/C10H10ClN3O2S/c1-5(14-10(15)16)2-6-3-7-8(17-6)9(11)13-4-12-7/h3-5,14H,2H2,1H3,(H,15,16). The highest BCUT2D eigenvalue weighted by molar-refractivity contribution is 7.19. The summed E-state index contributed by atoms with van der Waals surface area (Å²) in [7, 11) is 0. The molecule has 2 aromatic heterocycles. The van der Waals surface area contributed by atoms with Gasteiger partial charge < -0.3 is 10.4 Å². The molecule has 1 unspecified atom stereocenters. The van der Waals surface area contributed by atoms with Crippen LogP contribution in [0.4, 0.5) is 4.79 Å². The van der Waals surface area contributed by atoms with Crippen LogP contribution in [-0.2, 0) is 6.42 Å². The molecule has 2 heterocycles. The van der Waals surface area contributed by atoms with E-state index in [1.807, 2.05) is 13.0 Å². The fourth-order valence-electron chi connectivity index (χ4n) is 1.54. The van der Waals surface area contributed by atoms with E-state index in [9.17, 15) is 4.79 Å². The van der Waals surface area contributed by atoms with Gasteiger partial charge in [-0.3, -0.25) is 0 Å². The molecule has 0 aromatic carbocycles. The second-order valence-electron chi connectivity index (χ2n) is 3.65. The lowest BCUT2D eigenvalue weighted by molar-refractivity contribution is 0.191. The molecular weight excluding hydrogens is 262 g/mol. The van der Waals surface area contributed by atoms with Crippen molar-refractivity contribution in [1.82, 2.24) is 15.3 Å². The van der Waals surface area contributed by atoms with Crippen LogP contribution in [0.15, 0.2) is 12.4 Å². The molecule has 2 rings (SSSR count). The topological polar surface area (TPSA) is 75.1 Å². The Balaban J connectivity index is 2.20. The van der Waals surface area contributed by atoms with Gasteiger partial charge in [-0.1, -0.05) is 11.6 Å². The maximum atomic E-state index is 10.5. The van der Waals surface area contributed by atoms with Crippen LogP contribution in [0.25, 0.3) is 10.2 Å². The fraction of sp³-hybridized carbons (Fsp3) is 0.300. The average Bonchev–Trinajstić information content (AvgIpc) is 2.60. The minimum absolute atomic E-state index is 0.146. The van der Waals surface area contributed by atoms with E-state index in [2.05, 4.69) is 15.3 Å². The van der Waals surface area contributed by atoms with E-state index in [4.69, 9.17) is 16.7 Å².